The fourth-order valence-electron chi connectivity index (χ4n) is 3.29. The fraction of sp³-hybridized carbons (Fsp3) is 0.368. The van der Waals surface area contributed by atoms with Crippen LogP contribution in [0.2, 0.25) is 0 Å². The number of piperidine rings is 1. The van der Waals surface area contributed by atoms with Gasteiger partial charge in [0.2, 0.25) is 11.8 Å². The Morgan fingerprint density at radius 1 is 1.17 bits per heavy atom. The normalized spacial score (nSPS) is 16.8. The number of hydrogen-bond acceptors (Lipinski definition) is 5. The van der Waals surface area contributed by atoms with Gasteiger partial charge in [-0.1, -0.05) is 12.1 Å². The molecule has 0 spiro atoms. The van der Waals surface area contributed by atoms with Crippen LogP contribution in [-0.4, -0.2) is 44.7 Å². The van der Waals surface area contributed by atoms with E-state index in [4.69, 9.17) is 0 Å². The molecule has 0 aliphatic carbocycles. The first kappa shape index (κ1) is 22.3. The molecule has 1 fully saturated rings. The largest absolute Gasteiger partial charge is 0.357 e. The second-order valence-corrected chi connectivity index (χ2v) is 9.95. The quantitative estimate of drug-likeness (QED) is 0.694. The maximum atomic E-state index is 13.6. The second-order valence-electron chi connectivity index (χ2n) is 6.84. The molecule has 1 aliphatic heterocycles. The smallest absolute Gasteiger partial charge is 0.252 e. The standard InChI is InChI=1S/C19H21F2N3O4S2/c1-22-19(26)17(13-4-5-14(20)15(21)11-13)23-18(25)12-6-8-24(9-7-12)30(27,28)16-3-2-10-29-16/h2-5,10-12,17H,6-9H2,1H3,(H,22,26)(H,23,25). The summed E-state index contributed by atoms with van der Waals surface area (Å²) in [6.45, 7) is 0.349. The number of benzene rings is 1. The van der Waals surface area contributed by atoms with E-state index in [9.17, 15) is 26.8 Å². The fourth-order valence-corrected chi connectivity index (χ4v) is 5.91. The molecular formula is C19H21F2N3O4S2. The van der Waals surface area contributed by atoms with Crippen LogP contribution in [0.15, 0.2) is 39.9 Å². The Hall–Kier alpha value is -2.37. The first-order chi connectivity index (χ1) is 14.2. The molecule has 3 rings (SSSR count). The predicted octanol–water partition coefficient (Wildman–Crippen LogP) is 2.03. The van der Waals surface area contributed by atoms with Crippen molar-refractivity contribution in [3.05, 3.63) is 52.9 Å². The van der Waals surface area contributed by atoms with Crippen molar-refractivity contribution in [3.63, 3.8) is 0 Å². The van der Waals surface area contributed by atoms with Crippen molar-refractivity contribution in [2.75, 3.05) is 20.1 Å². The van der Waals surface area contributed by atoms with Crippen molar-refractivity contribution >= 4 is 33.2 Å². The molecule has 162 valence electrons. The van der Waals surface area contributed by atoms with Crippen LogP contribution in [0.3, 0.4) is 0 Å². The van der Waals surface area contributed by atoms with E-state index in [2.05, 4.69) is 10.6 Å². The molecule has 30 heavy (non-hydrogen) atoms. The van der Waals surface area contributed by atoms with Gasteiger partial charge in [-0.25, -0.2) is 17.2 Å². The van der Waals surface area contributed by atoms with Crippen LogP contribution < -0.4 is 10.6 Å². The highest BCUT2D eigenvalue weighted by atomic mass is 32.2. The van der Waals surface area contributed by atoms with E-state index in [1.165, 1.54) is 23.5 Å². The van der Waals surface area contributed by atoms with Gasteiger partial charge in [0.25, 0.3) is 10.0 Å². The molecule has 2 amide bonds. The Morgan fingerprint density at radius 3 is 2.43 bits per heavy atom. The number of nitrogens with zero attached hydrogens (tertiary/aromatic N) is 1. The first-order valence-electron chi connectivity index (χ1n) is 9.24. The van der Waals surface area contributed by atoms with E-state index in [-0.39, 0.29) is 35.7 Å². The van der Waals surface area contributed by atoms with Gasteiger partial charge in [0.15, 0.2) is 11.6 Å². The van der Waals surface area contributed by atoms with Gasteiger partial charge in [0.1, 0.15) is 10.3 Å². The van der Waals surface area contributed by atoms with Crippen molar-refractivity contribution in [2.45, 2.75) is 23.1 Å². The Labute approximate surface area is 177 Å². The molecule has 7 nitrogen and oxygen atoms in total. The van der Waals surface area contributed by atoms with Gasteiger partial charge in [0.05, 0.1) is 0 Å². The van der Waals surface area contributed by atoms with E-state index < -0.39 is 45.4 Å². The minimum atomic E-state index is -3.58. The number of amides is 2. The lowest BCUT2D eigenvalue weighted by Gasteiger charge is -2.31. The number of likely N-dealkylation sites (N-methyl/N-ethyl adjacent to an activating group) is 1. The Kier molecular flexibility index (Phi) is 6.84. The van der Waals surface area contributed by atoms with Crippen LogP contribution in [0.25, 0.3) is 0 Å². The summed E-state index contributed by atoms with van der Waals surface area (Å²) in [7, 11) is -2.21. The van der Waals surface area contributed by atoms with Crippen LogP contribution in [0, 0.1) is 17.6 Å². The zero-order valence-electron chi connectivity index (χ0n) is 16.1. The molecule has 1 atom stereocenters. The van der Waals surface area contributed by atoms with Crippen LogP contribution >= 0.6 is 11.3 Å². The monoisotopic (exact) mass is 457 g/mol. The van der Waals surface area contributed by atoms with E-state index in [1.54, 1.807) is 11.4 Å². The Balaban J connectivity index is 1.67. The minimum absolute atomic E-state index is 0.110. The van der Waals surface area contributed by atoms with Crippen molar-refractivity contribution < 1.29 is 26.8 Å². The predicted molar refractivity (Wildman–Crippen MR) is 107 cm³/mol. The molecular weight excluding hydrogens is 436 g/mol. The number of nitrogens with one attached hydrogen (secondary N) is 2. The average Bonchev–Trinajstić information content (AvgIpc) is 3.29. The molecule has 2 aromatic rings. The summed E-state index contributed by atoms with van der Waals surface area (Å²) < 4.78 is 53.6. The second kappa shape index (κ2) is 9.19. The van der Waals surface area contributed by atoms with E-state index in [0.29, 0.717) is 0 Å². The summed E-state index contributed by atoms with van der Waals surface area (Å²) in [6, 6.07) is 5.00. The summed E-state index contributed by atoms with van der Waals surface area (Å²) in [4.78, 5) is 24.9. The van der Waals surface area contributed by atoms with Crippen molar-refractivity contribution in [2.24, 2.45) is 5.92 Å². The summed E-state index contributed by atoms with van der Waals surface area (Å²) in [6.07, 6.45) is 0.573. The van der Waals surface area contributed by atoms with E-state index in [1.807, 2.05) is 0 Å². The average molecular weight is 458 g/mol. The SMILES string of the molecule is CNC(=O)C(NC(=O)C1CCN(S(=O)(=O)c2cccs2)CC1)c1ccc(F)c(F)c1. The van der Waals surface area contributed by atoms with Crippen LogP contribution in [-0.2, 0) is 19.6 Å². The van der Waals surface area contributed by atoms with Gasteiger partial charge in [-0.3, -0.25) is 9.59 Å². The highest BCUT2D eigenvalue weighted by Crippen LogP contribution is 2.27. The van der Waals surface area contributed by atoms with Crippen LogP contribution in [0.1, 0.15) is 24.4 Å². The molecule has 0 bridgehead atoms. The van der Waals surface area contributed by atoms with E-state index >= 15 is 0 Å². The van der Waals surface area contributed by atoms with Gasteiger partial charge >= 0.3 is 0 Å². The van der Waals surface area contributed by atoms with Gasteiger partial charge in [-0.05, 0) is 42.0 Å². The third kappa shape index (κ3) is 4.68. The highest BCUT2D eigenvalue weighted by Gasteiger charge is 2.34. The first-order valence-corrected chi connectivity index (χ1v) is 11.6. The number of carbonyl (C=O) groups is 2. The van der Waals surface area contributed by atoms with Crippen LogP contribution in [0.5, 0.6) is 0 Å². The lowest BCUT2D eigenvalue weighted by atomic mass is 9.96. The minimum Gasteiger partial charge on any atom is -0.357 e. The Bertz CT molecular complexity index is 1020. The molecule has 2 N–H and O–H groups in total. The van der Waals surface area contributed by atoms with Crippen molar-refractivity contribution in [3.8, 4) is 0 Å². The molecule has 1 saturated heterocycles. The third-order valence-corrected chi connectivity index (χ3v) is 8.26. The zero-order valence-corrected chi connectivity index (χ0v) is 17.7. The van der Waals surface area contributed by atoms with Gasteiger partial charge < -0.3 is 10.6 Å². The molecule has 1 aromatic heterocycles. The maximum Gasteiger partial charge on any atom is 0.252 e. The van der Waals surface area contributed by atoms with Crippen molar-refractivity contribution in [1.82, 2.24) is 14.9 Å². The Morgan fingerprint density at radius 2 is 1.87 bits per heavy atom. The number of halogens is 2. The maximum absolute atomic E-state index is 13.6. The molecule has 1 aromatic carbocycles. The van der Waals surface area contributed by atoms with Gasteiger partial charge in [-0.2, -0.15) is 4.31 Å². The highest BCUT2D eigenvalue weighted by molar-refractivity contribution is 7.91. The topological polar surface area (TPSA) is 95.6 Å². The number of hydrogen-bond donors (Lipinski definition) is 2. The van der Waals surface area contributed by atoms with Crippen molar-refractivity contribution in [1.29, 1.82) is 0 Å². The molecule has 0 radical (unpaired) electrons. The summed E-state index contributed by atoms with van der Waals surface area (Å²) in [5.74, 6) is -3.70. The zero-order chi connectivity index (χ0) is 21.9. The van der Waals surface area contributed by atoms with Crippen LogP contribution in [0.4, 0.5) is 8.78 Å². The summed E-state index contributed by atoms with van der Waals surface area (Å²) in [5.41, 5.74) is 0.110. The molecule has 11 heteroatoms. The molecule has 1 aliphatic rings. The number of carbonyl (C=O) groups excluding carboxylic acids is 2. The van der Waals surface area contributed by atoms with E-state index in [0.717, 1.165) is 23.5 Å². The summed E-state index contributed by atoms with van der Waals surface area (Å²) in [5, 5.41) is 6.65. The lowest BCUT2D eigenvalue weighted by molar-refractivity contribution is -0.131. The lowest BCUT2D eigenvalue weighted by Crippen LogP contribution is -2.46. The number of rotatable bonds is 6. The number of sulfonamides is 1. The van der Waals surface area contributed by atoms with Gasteiger partial charge in [0, 0.05) is 26.1 Å². The summed E-state index contributed by atoms with van der Waals surface area (Å²) >= 11 is 1.13. The molecule has 1 unspecified atom stereocenters. The third-order valence-electron chi connectivity index (χ3n) is 4.99. The molecule has 0 saturated carbocycles. The number of thiophene rings is 1. The van der Waals surface area contributed by atoms with Gasteiger partial charge in [-0.15, -0.1) is 11.3 Å². The molecule has 2 heterocycles.